The second-order valence-corrected chi connectivity index (χ2v) is 6.85. The molecular weight excluding hydrogens is 360 g/mol. The first-order chi connectivity index (χ1) is 12.5. The number of amides is 1. The number of thioether (sulfide) groups is 1. The third kappa shape index (κ3) is 6.22. The monoisotopic (exact) mass is 381 g/mol. The SMILES string of the molecule is COc1cc(CSC(C)C(=O)NCc2ccccc2)ccc1OC(F)F. The fourth-order valence-corrected chi connectivity index (χ4v) is 3.08. The van der Waals surface area contributed by atoms with Gasteiger partial charge in [-0.25, -0.2) is 0 Å². The smallest absolute Gasteiger partial charge is 0.387 e. The van der Waals surface area contributed by atoms with Crippen LogP contribution in [0.1, 0.15) is 18.1 Å². The number of rotatable bonds is 9. The van der Waals surface area contributed by atoms with Gasteiger partial charge in [-0.2, -0.15) is 8.78 Å². The van der Waals surface area contributed by atoms with E-state index in [0.29, 0.717) is 12.3 Å². The lowest BCUT2D eigenvalue weighted by molar-refractivity contribution is -0.120. The quantitative estimate of drug-likeness (QED) is 0.706. The van der Waals surface area contributed by atoms with E-state index in [1.165, 1.54) is 24.9 Å². The Morgan fingerprint density at radius 3 is 2.50 bits per heavy atom. The molecule has 1 N–H and O–H groups in total. The van der Waals surface area contributed by atoms with Crippen molar-refractivity contribution in [2.75, 3.05) is 7.11 Å². The summed E-state index contributed by atoms with van der Waals surface area (Å²) in [5.74, 6) is 0.726. The molecular formula is C19H21F2NO3S. The minimum absolute atomic E-state index is 0.00935. The Balaban J connectivity index is 1.86. The summed E-state index contributed by atoms with van der Waals surface area (Å²) in [7, 11) is 1.39. The molecule has 0 bridgehead atoms. The van der Waals surface area contributed by atoms with E-state index in [9.17, 15) is 13.6 Å². The standard InChI is InChI=1S/C19H21F2NO3S/c1-13(18(23)22-11-14-6-4-3-5-7-14)26-12-15-8-9-16(25-19(20)21)17(10-15)24-2/h3-10,13,19H,11-12H2,1-2H3,(H,22,23). The molecule has 0 radical (unpaired) electrons. The molecule has 1 atom stereocenters. The van der Waals surface area contributed by atoms with Crippen molar-refractivity contribution in [2.45, 2.75) is 31.1 Å². The van der Waals surface area contributed by atoms with Gasteiger partial charge in [0.25, 0.3) is 0 Å². The largest absolute Gasteiger partial charge is 0.493 e. The van der Waals surface area contributed by atoms with Gasteiger partial charge >= 0.3 is 6.61 Å². The zero-order valence-electron chi connectivity index (χ0n) is 14.6. The second kappa shape index (κ2) is 10.0. The maximum atomic E-state index is 12.3. The van der Waals surface area contributed by atoms with Crippen LogP contribution in [0.4, 0.5) is 8.78 Å². The molecule has 2 aromatic carbocycles. The van der Waals surface area contributed by atoms with Gasteiger partial charge in [-0.15, -0.1) is 11.8 Å². The molecule has 1 unspecified atom stereocenters. The van der Waals surface area contributed by atoms with Crippen molar-refractivity contribution in [3.05, 3.63) is 59.7 Å². The van der Waals surface area contributed by atoms with Crippen molar-refractivity contribution in [1.82, 2.24) is 5.32 Å². The van der Waals surface area contributed by atoms with Gasteiger partial charge in [0.1, 0.15) is 0 Å². The number of ether oxygens (including phenoxy) is 2. The minimum Gasteiger partial charge on any atom is -0.493 e. The lowest BCUT2D eigenvalue weighted by Crippen LogP contribution is -2.30. The molecule has 0 aliphatic heterocycles. The predicted molar refractivity (Wildman–Crippen MR) is 98.7 cm³/mol. The summed E-state index contributed by atoms with van der Waals surface area (Å²) in [6, 6.07) is 14.4. The van der Waals surface area contributed by atoms with Crippen LogP contribution in [0, 0.1) is 0 Å². The molecule has 2 rings (SSSR count). The van der Waals surface area contributed by atoms with Crippen LogP contribution in [-0.2, 0) is 17.1 Å². The number of hydrogen-bond acceptors (Lipinski definition) is 4. The van der Waals surface area contributed by atoms with E-state index in [1.807, 2.05) is 37.3 Å². The van der Waals surface area contributed by atoms with Crippen molar-refractivity contribution < 1.29 is 23.0 Å². The highest BCUT2D eigenvalue weighted by Gasteiger charge is 2.15. The number of benzene rings is 2. The summed E-state index contributed by atoms with van der Waals surface area (Å²) in [4.78, 5) is 12.2. The number of hydrogen-bond donors (Lipinski definition) is 1. The third-order valence-electron chi connectivity index (χ3n) is 3.62. The molecule has 0 aliphatic carbocycles. The van der Waals surface area contributed by atoms with Crippen LogP contribution in [0.5, 0.6) is 11.5 Å². The number of alkyl halides is 2. The zero-order chi connectivity index (χ0) is 18.9. The average Bonchev–Trinajstić information content (AvgIpc) is 2.65. The van der Waals surface area contributed by atoms with E-state index >= 15 is 0 Å². The molecule has 0 saturated heterocycles. The van der Waals surface area contributed by atoms with Crippen molar-refractivity contribution in [3.8, 4) is 11.5 Å². The topological polar surface area (TPSA) is 47.6 Å². The maximum Gasteiger partial charge on any atom is 0.387 e. The van der Waals surface area contributed by atoms with Crippen molar-refractivity contribution >= 4 is 17.7 Å². The summed E-state index contributed by atoms with van der Waals surface area (Å²) in [6.07, 6.45) is 0. The van der Waals surface area contributed by atoms with Gasteiger partial charge in [-0.1, -0.05) is 36.4 Å². The second-order valence-electron chi connectivity index (χ2n) is 5.52. The fraction of sp³-hybridized carbons (Fsp3) is 0.316. The van der Waals surface area contributed by atoms with Crippen LogP contribution in [-0.4, -0.2) is 24.9 Å². The lowest BCUT2D eigenvalue weighted by Gasteiger charge is -2.14. The van der Waals surface area contributed by atoms with E-state index in [-0.39, 0.29) is 22.7 Å². The highest BCUT2D eigenvalue weighted by Crippen LogP contribution is 2.31. The Hall–Kier alpha value is -2.28. The molecule has 140 valence electrons. The van der Waals surface area contributed by atoms with Crippen LogP contribution in [0.3, 0.4) is 0 Å². The minimum atomic E-state index is -2.91. The van der Waals surface area contributed by atoms with Crippen LogP contribution in [0.15, 0.2) is 48.5 Å². The van der Waals surface area contributed by atoms with E-state index in [0.717, 1.165) is 11.1 Å². The molecule has 0 heterocycles. The molecule has 0 spiro atoms. The van der Waals surface area contributed by atoms with Crippen molar-refractivity contribution in [1.29, 1.82) is 0 Å². The van der Waals surface area contributed by atoms with Crippen molar-refractivity contribution in [3.63, 3.8) is 0 Å². The van der Waals surface area contributed by atoms with Gasteiger partial charge in [0.15, 0.2) is 11.5 Å². The van der Waals surface area contributed by atoms with E-state index in [1.54, 1.807) is 12.1 Å². The number of halogens is 2. The molecule has 0 aromatic heterocycles. The van der Waals surface area contributed by atoms with Crippen LogP contribution in [0.2, 0.25) is 0 Å². The van der Waals surface area contributed by atoms with Gasteiger partial charge < -0.3 is 14.8 Å². The average molecular weight is 381 g/mol. The maximum absolute atomic E-state index is 12.3. The van der Waals surface area contributed by atoms with E-state index in [2.05, 4.69) is 10.1 Å². The molecule has 0 aliphatic rings. The normalized spacial score (nSPS) is 11.9. The molecule has 7 heteroatoms. The summed E-state index contributed by atoms with van der Waals surface area (Å²) in [5, 5.41) is 2.65. The number of methoxy groups -OCH3 is 1. The molecule has 0 fully saturated rings. The van der Waals surface area contributed by atoms with Crippen LogP contribution < -0.4 is 14.8 Å². The summed E-state index contributed by atoms with van der Waals surface area (Å²) < 4.78 is 34.2. The van der Waals surface area contributed by atoms with E-state index < -0.39 is 6.61 Å². The molecule has 1 amide bonds. The molecule has 4 nitrogen and oxygen atoms in total. The number of carbonyl (C=O) groups excluding carboxylic acids is 1. The van der Waals surface area contributed by atoms with E-state index in [4.69, 9.17) is 4.74 Å². The molecule has 2 aromatic rings. The third-order valence-corrected chi connectivity index (χ3v) is 4.84. The lowest BCUT2D eigenvalue weighted by atomic mass is 10.2. The number of nitrogens with one attached hydrogen (secondary N) is 1. The highest BCUT2D eigenvalue weighted by atomic mass is 32.2. The molecule has 0 saturated carbocycles. The summed E-state index contributed by atoms with van der Waals surface area (Å²) >= 11 is 1.46. The summed E-state index contributed by atoms with van der Waals surface area (Å²) in [6.45, 7) is -0.591. The first kappa shape index (κ1) is 20.0. The Morgan fingerprint density at radius 1 is 1.12 bits per heavy atom. The van der Waals surface area contributed by atoms with Gasteiger partial charge in [0.2, 0.25) is 5.91 Å². The molecule has 26 heavy (non-hydrogen) atoms. The Bertz CT molecular complexity index is 713. The van der Waals surface area contributed by atoms with Crippen LogP contribution in [0.25, 0.3) is 0 Å². The highest BCUT2D eigenvalue weighted by molar-refractivity contribution is 7.99. The van der Waals surface area contributed by atoms with Gasteiger partial charge in [0, 0.05) is 12.3 Å². The Morgan fingerprint density at radius 2 is 1.85 bits per heavy atom. The first-order valence-corrected chi connectivity index (χ1v) is 9.09. The Kier molecular flexibility index (Phi) is 7.72. The number of carbonyl (C=O) groups is 1. The van der Waals surface area contributed by atoms with Gasteiger partial charge in [0.05, 0.1) is 12.4 Å². The predicted octanol–water partition coefficient (Wildman–Crippen LogP) is 4.23. The summed E-state index contributed by atoms with van der Waals surface area (Å²) in [5.41, 5.74) is 1.90. The first-order valence-electron chi connectivity index (χ1n) is 8.04. The van der Waals surface area contributed by atoms with Crippen LogP contribution >= 0.6 is 11.8 Å². The van der Waals surface area contributed by atoms with Gasteiger partial charge in [-0.3, -0.25) is 4.79 Å². The zero-order valence-corrected chi connectivity index (χ0v) is 15.4. The van der Waals surface area contributed by atoms with Gasteiger partial charge in [-0.05, 0) is 30.2 Å². The fourth-order valence-electron chi connectivity index (χ4n) is 2.22. The Labute approximate surface area is 155 Å². The van der Waals surface area contributed by atoms with Crippen molar-refractivity contribution in [2.24, 2.45) is 0 Å².